The molecular weight excluding hydrogens is 874 g/mol. The molecule has 0 aromatic carbocycles. The van der Waals surface area contributed by atoms with Crippen molar-refractivity contribution in [3.05, 3.63) is 0 Å². The molecule has 370 valence electrons. The van der Waals surface area contributed by atoms with Gasteiger partial charge < -0.3 is 98.7 Å². The summed E-state index contributed by atoms with van der Waals surface area (Å²) in [6.07, 6.45) is -15.4. The van der Waals surface area contributed by atoms with Crippen LogP contribution in [-0.4, -0.2) is 195 Å². The van der Waals surface area contributed by atoms with Gasteiger partial charge in [-0.15, -0.1) is 0 Å². The van der Waals surface area contributed by atoms with E-state index in [1.54, 1.807) is 0 Å². The average Bonchev–Trinajstić information content (AvgIpc) is 3.22. The number of aliphatic carboxylic acids is 1. The number of carboxylic acid groups (broad SMARTS) is 1. The molecule has 2 aliphatic heterocycles. The predicted octanol–water partition coefficient (Wildman–Crippen LogP) is -8.38. The summed E-state index contributed by atoms with van der Waals surface area (Å²) in [4.78, 5) is 110. The molecule has 18 N–H and O–H groups in total. The topological polar surface area (TPSA) is 462 Å². The number of aliphatic hydroxyl groups is 5. The minimum absolute atomic E-state index is 0.0417. The summed E-state index contributed by atoms with van der Waals surface area (Å²) in [5.74, 6) is -7.98. The summed E-state index contributed by atoms with van der Waals surface area (Å²) in [6.45, 7) is 3.03. The van der Waals surface area contributed by atoms with Crippen LogP contribution in [0.15, 0.2) is 0 Å². The number of amides is 8. The van der Waals surface area contributed by atoms with E-state index in [1.807, 2.05) is 0 Å². The molecule has 2 rings (SSSR count). The van der Waals surface area contributed by atoms with Crippen molar-refractivity contribution in [3.8, 4) is 0 Å². The van der Waals surface area contributed by atoms with Gasteiger partial charge in [-0.05, 0) is 39.5 Å². The van der Waals surface area contributed by atoms with Crippen LogP contribution >= 0.6 is 0 Å². The van der Waals surface area contributed by atoms with E-state index in [-0.39, 0.29) is 32.2 Å². The molecule has 28 nitrogen and oxygen atoms in total. The van der Waals surface area contributed by atoms with Gasteiger partial charge in [0, 0.05) is 26.8 Å². The molecule has 0 saturated carbocycles. The lowest BCUT2D eigenvalue weighted by Gasteiger charge is -2.48. The number of unbranched alkanes of at least 4 members (excludes halogenated alkanes) is 1. The van der Waals surface area contributed by atoms with Gasteiger partial charge in [0.25, 0.3) is 0 Å². The van der Waals surface area contributed by atoms with E-state index in [4.69, 9.17) is 36.1 Å². The van der Waals surface area contributed by atoms with Gasteiger partial charge >= 0.3 is 5.97 Å². The lowest BCUT2D eigenvalue weighted by molar-refractivity contribution is -0.333. The lowest BCUT2D eigenvalue weighted by Crippen LogP contribution is -2.70. The SMILES string of the molecule is CC(=O)NC1C(OC2C(CO)OC(O)C(NC(C)=O)C2OC(C)C(=O)NC(C)C(=O)NC(CCC(=O)NC(CCCCNC(=O)CC(N)C(N)=O)C(=O)O)C(N)=O)OC(CO)C(O)C1O. The van der Waals surface area contributed by atoms with E-state index in [1.165, 1.54) is 13.8 Å². The monoisotopic (exact) mass is 937 g/mol. The summed E-state index contributed by atoms with van der Waals surface area (Å²) in [5.41, 5.74) is 15.9. The number of aliphatic hydroxyl groups excluding tert-OH is 5. The number of carbonyl (C=O) groups is 9. The molecular formula is C37H63N9O19. The third-order valence-electron chi connectivity index (χ3n) is 10.2. The molecule has 15 atom stereocenters. The van der Waals surface area contributed by atoms with Crippen LogP contribution in [0.4, 0.5) is 0 Å². The van der Waals surface area contributed by atoms with Crippen LogP contribution in [0.1, 0.15) is 66.2 Å². The molecule has 0 aliphatic carbocycles. The Bertz CT molecular complexity index is 1680. The summed E-state index contributed by atoms with van der Waals surface area (Å²) in [6, 6.07) is -8.41. The first-order valence-electron chi connectivity index (χ1n) is 20.6. The minimum atomic E-state index is -1.88. The molecule has 28 heteroatoms. The Kier molecular flexibility index (Phi) is 23.0. The lowest BCUT2D eigenvalue weighted by atomic mass is 9.94. The van der Waals surface area contributed by atoms with Crippen LogP contribution in [-0.2, 0) is 62.1 Å². The fourth-order valence-corrected chi connectivity index (χ4v) is 6.67. The molecule has 0 bridgehead atoms. The molecule has 2 saturated heterocycles. The summed E-state index contributed by atoms with van der Waals surface area (Å²) >= 11 is 0. The van der Waals surface area contributed by atoms with Gasteiger partial charge in [-0.2, -0.15) is 0 Å². The first-order chi connectivity index (χ1) is 30.4. The number of carbonyl (C=O) groups excluding carboxylic acids is 8. The van der Waals surface area contributed by atoms with Gasteiger partial charge in [-0.3, -0.25) is 38.4 Å². The second-order valence-corrected chi connectivity index (χ2v) is 15.5. The number of primary amides is 2. The second kappa shape index (κ2) is 26.7. The zero-order chi connectivity index (χ0) is 49.3. The highest BCUT2D eigenvalue weighted by Gasteiger charge is 2.53. The quantitative estimate of drug-likeness (QED) is 0.0358. The van der Waals surface area contributed by atoms with E-state index in [2.05, 4.69) is 31.9 Å². The van der Waals surface area contributed by atoms with Gasteiger partial charge in [0.2, 0.25) is 47.3 Å². The van der Waals surface area contributed by atoms with Crippen molar-refractivity contribution < 1.29 is 92.7 Å². The van der Waals surface area contributed by atoms with Crippen molar-refractivity contribution >= 4 is 53.2 Å². The largest absolute Gasteiger partial charge is 0.480 e. The van der Waals surface area contributed by atoms with Gasteiger partial charge in [-0.25, -0.2) is 4.79 Å². The molecule has 15 unspecified atom stereocenters. The summed E-state index contributed by atoms with van der Waals surface area (Å²) in [5, 5.41) is 75.9. The van der Waals surface area contributed by atoms with Crippen LogP contribution in [0.2, 0.25) is 0 Å². The Morgan fingerprint density at radius 1 is 0.708 bits per heavy atom. The number of carboxylic acids is 1. The van der Waals surface area contributed by atoms with Gasteiger partial charge in [0.05, 0.1) is 25.7 Å². The Hall–Kier alpha value is -5.17. The number of nitrogens with one attached hydrogen (secondary N) is 6. The predicted molar refractivity (Wildman–Crippen MR) is 216 cm³/mol. The van der Waals surface area contributed by atoms with E-state index in [0.29, 0.717) is 6.42 Å². The molecule has 0 aromatic rings. The van der Waals surface area contributed by atoms with Crippen molar-refractivity contribution in [2.24, 2.45) is 17.2 Å². The van der Waals surface area contributed by atoms with Crippen LogP contribution in [0, 0.1) is 0 Å². The second-order valence-electron chi connectivity index (χ2n) is 15.5. The van der Waals surface area contributed by atoms with Crippen molar-refractivity contribution in [3.63, 3.8) is 0 Å². The van der Waals surface area contributed by atoms with E-state index >= 15 is 0 Å². The molecule has 8 amide bonds. The fourth-order valence-electron chi connectivity index (χ4n) is 6.67. The van der Waals surface area contributed by atoms with E-state index in [9.17, 15) is 73.8 Å². The third kappa shape index (κ3) is 17.6. The number of nitrogens with two attached hydrogens (primary N) is 3. The number of hydrogen-bond donors (Lipinski definition) is 15. The van der Waals surface area contributed by atoms with Gasteiger partial charge in [-0.1, -0.05) is 0 Å². The number of rotatable bonds is 26. The Balaban J connectivity index is 2.10. The summed E-state index contributed by atoms with van der Waals surface area (Å²) in [7, 11) is 0. The molecule has 0 spiro atoms. The maximum Gasteiger partial charge on any atom is 0.326 e. The number of hydrogen-bond acceptors (Lipinski definition) is 19. The average molecular weight is 938 g/mol. The summed E-state index contributed by atoms with van der Waals surface area (Å²) < 4.78 is 23.1. The fraction of sp³-hybridized carbons (Fsp3) is 0.757. The maximum atomic E-state index is 13.4. The van der Waals surface area contributed by atoms with Gasteiger partial charge in [0.1, 0.15) is 72.9 Å². The molecule has 2 aliphatic rings. The van der Waals surface area contributed by atoms with Crippen molar-refractivity contribution in [2.45, 2.75) is 158 Å². The van der Waals surface area contributed by atoms with Crippen LogP contribution in [0.5, 0.6) is 0 Å². The van der Waals surface area contributed by atoms with Crippen molar-refractivity contribution in [1.82, 2.24) is 31.9 Å². The molecule has 0 radical (unpaired) electrons. The third-order valence-corrected chi connectivity index (χ3v) is 10.2. The normalized spacial score (nSPS) is 27.6. The maximum absolute atomic E-state index is 13.4. The highest BCUT2D eigenvalue weighted by Crippen LogP contribution is 2.31. The van der Waals surface area contributed by atoms with Crippen molar-refractivity contribution in [2.75, 3.05) is 19.8 Å². The number of ether oxygens (including phenoxy) is 4. The van der Waals surface area contributed by atoms with Gasteiger partial charge in [0.15, 0.2) is 12.6 Å². The van der Waals surface area contributed by atoms with E-state index in [0.717, 1.165) is 13.8 Å². The highest BCUT2D eigenvalue weighted by molar-refractivity contribution is 5.92. The van der Waals surface area contributed by atoms with Crippen LogP contribution in [0.3, 0.4) is 0 Å². The zero-order valence-electron chi connectivity index (χ0n) is 36.2. The van der Waals surface area contributed by atoms with Crippen molar-refractivity contribution in [1.29, 1.82) is 0 Å². The molecule has 0 aromatic heterocycles. The Morgan fingerprint density at radius 3 is 1.88 bits per heavy atom. The van der Waals surface area contributed by atoms with E-state index < -0.39 is 164 Å². The molecule has 2 fully saturated rings. The highest BCUT2D eigenvalue weighted by atomic mass is 16.7. The molecule has 65 heavy (non-hydrogen) atoms. The molecule has 2 heterocycles. The first kappa shape index (κ1) is 56.0. The van der Waals surface area contributed by atoms with Crippen LogP contribution < -0.4 is 49.1 Å². The smallest absolute Gasteiger partial charge is 0.326 e. The zero-order valence-corrected chi connectivity index (χ0v) is 36.2. The Labute approximate surface area is 372 Å². The minimum Gasteiger partial charge on any atom is -0.480 e. The first-order valence-corrected chi connectivity index (χ1v) is 20.6. The van der Waals surface area contributed by atoms with Crippen LogP contribution in [0.25, 0.3) is 0 Å². The Morgan fingerprint density at radius 2 is 1.32 bits per heavy atom. The standard InChI is InChI=1S/C37H63N9O19/c1-14(33(57)46-19(32(40)56)8-9-23(51)45-20(35(59)60)7-5-6-10-41-24(52)11-18(38)31(39)55)42-34(58)15(2)62-30-26(44-17(4)50)36(61)63-22(13-48)29(30)65-37-25(43-16(3)49)28(54)27(53)21(12-47)64-37/h14-15,18-22,25-30,36-37,47-48,53-54,61H,5-13,38H2,1-4H3,(H2,39,55)(H2,40,56)(H,41,52)(H,42,58)(H,43,49)(H,44,50)(H,45,51)(H,46,57)(H,59,60).